The Hall–Kier alpha value is -5.16. The lowest BCUT2D eigenvalue weighted by Crippen LogP contribution is -2.11. The fourth-order valence-electron chi connectivity index (χ4n) is 3.65. The summed E-state index contributed by atoms with van der Waals surface area (Å²) < 4.78 is 34.8. The molecule has 8 N–H and O–H groups in total. The molecule has 0 aliphatic heterocycles. The molecule has 0 bridgehead atoms. The summed E-state index contributed by atoms with van der Waals surface area (Å²) in [5.74, 6) is 8.25. The SMILES string of the molecule is CCOc1cc(N=Nc2cccc(C(=O)ON)c2)c(O)cc1N=Nc1c(S(=O)(=O)ON)cc2ccc(N)cc2c1O. The number of aromatic hydroxyl groups is 2. The van der Waals surface area contributed by atoms with E-state index in [2.05, 4.69) is 29.6 Å². The Labute approximate surface area is 232 Å². The first-order valence-electron chi connectivity index (χ1n) is 11.6. The van der Waals surface area contributed by atoms with Crippen molar-refractivity contribution >= 4 is 55.3 Å². The second kappa shape index (κ2) is 11.9. The summed E-state index contributed by atoms with van der Waals surface area (Å²) in [7, 11) is -4.55. The molecule has 212 valence electrons. The molecule has 16 heteroatoms. The van der Waals surface area contributed by atoms with Gasteiger partial charge >= 0.3 is 16.1 Å². The number of nitrogen functional groups attached to an aromatic ring is 1. The van der Waals surface area contributed by atoms with Gasteiger partial charge in [0.2, 0.25) is 0 Å². The highest BCUT2D eigenvalue weighted by Crippen LogP contribution is 2.44. The molecule has 4 aromatic rings. The third-order valence-electron chi connectivity index (χ3n) is 5.55. The van der Waals surface area contributed by atoms with Crippen molar-refractivity contribution in [1.29, 1.82) is 0 Å². The van der Waals surface area contributed by atoms with Crippen LogP contribution in [0.4, 0.5) is 28.4 Å². The lowest BCUT2D eigenvalue weighted by atomic mass is 10.1. The van der Waals surface area contributed by atoms with E-state index in [0.717, 1.165) is 6.07 Å². The number of nitrogens with two attached hydrogens (primary N) is 3. The molecular formula is C25H23N7O8S. The normalized spacial score (nSPS) is 11.9. The van der Waals surface area contributed by atoms with E-state index in [1.165, 1.54) is 48.5 Å². The number of anilines is 1. The summed E-state index contributed by atoms with van der Waals surface area (Å²) in [6.45, 7) is 1.87. The third-order valence-corrected chi connectivity index (χ3v) is 6.65. The molecule has 0 radical (unpaired) electrons. The molecule has 0 heterocycles. The predicted octanol–water partition coefficient (Wildman–Crippen LogP) is 4.67. The molecule has 0 aliphatic carbocycles. The molecule has 4 aromatic carbocycles. The topological polar surface area (TPSA) is 247 Å². The molecule has 0 atom stereocenters. The van der Waals surface area contributed by atoms with Crippen molar-refractivity contribution in [3.8, 4) is 17.2 Å². The monoisotopic (exact) mass is 581 g/mol. The Morgan fingerprint density at radius 1 is 0.927 bits per heavy atom. The zero-order valence-corrected chi connectivity index (χ0v) is 22.1. The lowest BCUT2D eigenvalue weighted by molar-refractivity contribution is 0.0503. The Kier molecular flexibility index (Phi) is 8.39. The van der Waals surface area contributed by atoms with Crippen LogP contribution in [0.25, 0.3) is 10.8 Å². The number of phenols is 2. The maximum atomic E-state index is 12.5. The maximum Gasteiger partial charge on any atom is 0.356 e. The van der Waals surface area contributed by atoms with Crippen molar-refractivity contribution in [2.24, 2.45) is 32.3 Å². The van der Waals surface area contributed by atoms with Gasteiger partial charge < -0.3 is 25.5 Å². The second-order valence-corrected chi connectivity index (χ2v) is 9.74. The van der Waals surface area contributed by atoms with Gasteiger partial charge in [-0.2, -0.15) is 29.6 Å². The van der Waals surface area contributed by atoms with Gasteiger partial charge in [-0.25, -0.2) is 4.79 Å². The van der Waals surface area contributed by atoms with E-state index in [4.69, 9.17) is 22.3 Å². The molecular weight excluding hydrogens is 558 g/mol. The number of hydrogen-bond donors (Lipinski definition) is 5. The number of fused-ring (bicyclic) bond motifs is 1. The average Bonchev–Trinajstić information content (AvgIpc) is 2.97. The summed E-state index contributed by atoms with van der Waals surface area (Å²) >= 11 is 0. The van der Waals surface area contributed by atoms with Gasteiger partial charge in [0.1, 0.15) is 33.5 Å². The fourth-order valence-corrected chi connectivity index (χ4v) is 4.40. The number of azo groups is 2. The highest BCUT2D eigenvalue weighted by atomic mass is 32.2. The number of hydrogen-bond acceptors (Lipinski definition) is 15. The molecule has 0 spiro atoms. The number of carbonyl (C=O) groups excluding carboxylic acids is 1. The highest BCUT2D eigenvalue weighted by molar-refractivity contribution is 7.86. The molecule has 15 nitrogen and oxygen atoms in total. The number of ether oxygens (including phenoxy) is 1. The van der Waals surface area contributed by atoms with Gasteiger partial charge in [-0.3, -0.25) is 0 Å². The number of phenolic OH excluding ortho intramolecular Hbond substituents is 2. The summed E-state index contributed by atoms with van der Waals surface area (Å²) in [5, 5.41) is 37.9. The van der Waals surface area contributed by atoms with Crippen LogP contribution in [-0.4, -0.2) is 31.2 Å². The van der Waals surface area contributed by atoms with Gasteiger partial charge in [-0.1, -0.05) is 12.1 Å². The third kappa shape index (κ3) is 6.20. The van der Waals surface area contributed by atoms with Gasteiger partial charge in [0.15, 0.2) is 5.75 Å². The number of nitrogens with zero attached hydrogens (tertiary/aromatic N) is 4. The van der Waals surface area contributed by atoms with Gasteiger partial charge in [0.25, 0.3) is 0 Å². The van der Waals surface area contributed by atoms with Gasteiger partial charge in [-0.15, -0.1) is 15.3 Å². The smallest absolute Gasteiger partial charge is 0.356 e. The molecule has 4 rings (SSSR count). The first-order chi connectivity index (χ1) is 19.6. The number of rotatable bonds is 9. The first kappa shape index (κ1) is 28.8. The molecule has 0 saturated heterocycles. The minimum absolute atomic E-state index is 0.0250. The summed E-state index contributed by atoms with van der Waals surface area (Å²) in [5.41, 5.74) is 5.97. The van der Waals surface area contributed by atoms with E-state index in [0.29, 0.717) is 11.1 Å². The van der Waals surface area contributed by atoms with Crippen LogP contribution >= 0.6 is 0 Å². The van der Waals surface area contributed by atoms with Crippen LogP contribution in [0.2, 0.25) is 0 Å². The number of benzene rings is 4. The second-order valence-electron chi connectivity index (χ2n) is 8.20. The zero-order valence-electron chi connectivity index (χ0n) is 21.3. The Bertz CT molecular complexity index is 1810. The standard InChI is InChI=1S/C25H23N7O8S/c1-2-38-21-12-18(30-29-16-5-3-4-14(8-16)25(35)39-27)20(33)11-19(21)31-32-23-22(41(36,37)40-28)9-13-6-7-15(26)10-17(13)24(23)34/h3-12,33-34H,2,26-28H2,1H3. The molecule has 0 fully saturated rings. The minimum atomic E-state index is -4.55. The molecule has 41 heavy (non-hydrogen) atoms. The molecule has 0 aliphatic rings. The van der Waals surface area contributed by atoms with Crippen molar-refractivity contribution < 1.29 is 37.3 Å². The highest BCUT2D eigenvalue weighted by Gasteiger charge is 2.25. The van der Waals surface area contributed by atoms with E-state index in [-0.39, 0.29) is 40.4 Å². The Morgan fingerprint density at radius 2 is 1.68 bits per heavy atom. The van der Waals surface area contributed by atoms with Crippen LogP contribution in [-0.2, 0) is 19.2 Å². The summed E-state index contributed by atoms with van der Waals surface area (Å²) in [4.78, 5) is 15.3. The van der Waals surface area contributed by atoms with E-state index in [1.807, 2.05) is 0 Å². The molecule has 0 aromatic heterocycles. The van der Waals surface area contributed by atoms with Crippen molar-refractivity contribution in [3.05, 3.63) is 66.2 Å². The van der Waals surface area contributed by atoms with Gasteiger partial charge in [0, 0.05) is 23.2 Å². The van der Waals surface area contributed by atoms with Gasteiger partial charge in [-0.05, 0) is 48.7 Å². The van der Waals surface area contributed by atoms with Crippen LogP contribution in [0.1, 0.15) is 17.3 Å². The van der Waals surface area contributed by atoms with Crippen molar-refractivity contribution in [2.75, 3.05) is 12.3 Å². The quantitative estimate of drug-likeness (QED) is 0.103. The van der Waals surface area contributed by atoms with E-state index in [1.54, 1.807) is 13.0 Å². The van der Waals surface area contributed by atoms with Crippen LogP contribution in [0.3, 0.4) is 0 Å². The van der Waals surface area contributed by atoms with E-state index >= 15 is 0 Å². The minimum Gasteiger partial charge on any atom is -0.506 e. The van der Waals surface area contributed by atoms with Crippen molar-refractivity contribution in [1.82, 2.24) is 0 Å². The van der Waals surface area contributed by atoms with Crippen LogP contribution in [0.5, 0.6) is 17.2 Å². The molecule has 0 unspecified atom stereocenters. The largest absolute Gasteiger partial charge is 0.506 e. The van der Waals surface area contributed by atoms with Crippen molar-refractivity contribution in [2.45, 2.75) is 11.8 Å². The molecule has 0 amide bonds. The summed E-state index contributed by atoms with van der Waals surface area (Å²) in [6, 6.07) is 14.0. The van der Waals surface area contributed by atoms with Gasteiger partial charge in [0.05, 0.1) is 17.9 Å². The predicted molar refractivity (Wildman–Crippen MR) is 146 cm³/mol. The Morgan fingerprint density at radius 3 is 2.39 bits per heavy atom. The zero-order chi connectivity index (χ0) is 29.7. The molecule has 0 saturated carbocycles. The van der Waals surface area contributed by atoms with E-state index < -0.39 is 38.2 Å². The fraction of sp³-hybridized carbons (Fsp3) is 0.0800. The van der Waals surface area contributed by atoms with E-state index in [9.17, 15) is 23.4 Å². The summed E-state index contributed by atoms with van der Waals surface area (Å²) in [6.07, 6.45) is 0. The lowest BCUT2D eigenvalue weighted by Gasteiger charge is -2.11. The maximum absolute atomic E-state index is 12.5. The van der Waals surface area contributed by atoms with Crippen molar-refractivity contribution in [3.63, 3.8) is 0 Å². The number of carbonyl (C=O) groups is 1. The van der Waals surface area contributed by atoms with Crippen LogP contribution in [0.15, 0.2) is 86.0 Å². The van der Waals surface area contributed by atoms with Crippen LogP contribution in [0, 0.1) is 0 Å². The first-order valence-corrected chi connectivity index (χ1v) is 13.0. The Balaban J connectivity index is 1.78. The van der Waals surface area contributed by atoms with Crippen LogP contribution < -0.4 is 22.3 Å². The average molecular weight is 582 g/mol.